The van der Waals surface area contributed by atoms with Crippen molar-refractivity contribution >= 4 is 5.78 Å². The number of ketones is 1. The average Bonchev–Trinajstić information content (AvgIpc) is 2.51. The Morgan fingerprint density at radius 3 is 2.67 bits per heavy atom. The number of H-pyrrole nitrogens is 1. The van der Waals surface area contributed by atoms with Gasteiger partial charge in [0.1, 0.15) is 0 Å². The van der Waals surface area contributed by atoms with Gasteiger partial charge in [-0.05, 0) is 17.5 Å². The zero-order valence-corrected chi connectivity index (χ0v) is 7.85. The molecule has 2 nitrogen and oxygen atoms in total. The van der Waals surface area contributed by atoms with E-state index < -0.39 is 0 Å². The molecule has 1 aromatic rings. The third-order valence-electron chi connectivity index (χ3n) is 1.99. The first-order valence-corrected chi connectivity index (χ1v) is 4.36. The average molecular weight is 165 g/mol. The predicted octanol–water partition coefficient (Wildman–Crippen LogP) is 2.73. The summed E-state index contributed by atoms with van der Waals surface area (Å²) in [6, 6.07) is 1.94. The summed E-state index contributed by atoms with van der Waals surface area (Å²) in [5, 5.41) is 0. The van der Waals surface area contributed by atoms with Crippen LogP contribution in [0.3, 0.4) is 0 Å². The van der Waals surface area contributed by atoms with Gasteiger partial charge >= 0.3 is 0 Å². The lowest BCUT2D eigenvalue weighted by Crippen LogP contribution is -1.95. The molecule has 2 heteroatoms. The summed E-state index contributed by atoms with van der Waals surface area (Å²) < 4.78 is 0. The number of carbonyl (C=O) groups excluding carboxylic acids is 1. The number of hydrogen-bond acceptors (Lipinski definition) is 1. The van der Waals surface area contributed by atoms with Crippen molar-refractivity contribution in [2.45, 2.75) is 33.1 Å². The first-order valence-electron chi connectivity index (χ1n) is 4.36. The van der Waals surface area contributed by atoms with Crippen LogP contribution in [0.25, 0.3) is 0 Å². The summed E-state index contributed by atoms with van der Waals surface area (Å²) in [6.45, 7) is 6.10. The van der Waals surface area contributed by atoms with Gasteiger partial charge in [-0.1, -0.05) is 20.8 Å². The molecule has 0 fully saturated rings. The summed E-state index contributed by atoms with van der Waals surface area (Å²) in [5.41, 5.74) is 1.94. The molecule has 1 rings (SSSR count). The van der Waals surface area contributed by atoms with Gasteiger partial charge in [0.2, 0.25) is 0 Å². The molecule has 0 saturated heterocycles. The van der Waals surface area contributed by atoms with Crippen LogP contribution in [0.4, 0.5) is 0 Å². The first kappa shape index (κ1) is 9.04. The highest BCUT2D eigenvalue weighted by atomic mass is 16.1. The van der Waals surface area contributed by atoms with Crippen LogP contribution in [0.5, 0.6) is 0 Å². The molecule has 66 valence electrons. The number of aromatic nitrogens is 1. The standard InChI is InChI=1S/C10H15NO/c1-4-10(12)9-5-8(6-11-9)7(2)3/h5-7,11H,4H2,1-3H3. The van der Waals surface area contributed by atoms with E-state index in [0.29, 0.717) is 12.3 Å². The number of rotatable bonds is 3. The second-order valence-corrected chi connectivity index (χ2v) is 3.28. The van der Waals surface area contributed by atoms with Crippen molar-refractivity contribution in [1.29, 1.82) is 0 Å². The van der Waals surface area contributed by atoms with Crippen LogP contribution in [0.1, 0.15) is 49.2 Å². The van der Waals surface area contributed by atoms with E-state index in [4.69, 9.17) is 0 Å². The topological polar surface area (TPSA) is 32.9 Å². The Labute approximate surface area is 73.0 Å². The van der Waals surface area contributed by atoms with Crippen molar-refractivity contribution in [2.24, 2.45) is 0 Å². The van der Waals surface area contributed by atoms with Crippen LogP contribution in [-0.2, 0) is 0 Å². The highest BCUT2D eigenvalue weighted by Gasteiger charge is 2.07. The number of aromatic amines is 1. The number of nitrogens with one attached hydrogen (secondary N) is 1. The number of Topliss-reactive ketones (excluding diaryl/α,β-unsaturated/α-hetero) is 1. The Bertz CT molecular complexity index is 273. The van der Waals surface area contributed by atoms with Gasteiger partial charge in [-0.25, -0.2) is 0 Å². The Morgan fingerprint density at radius 2 is 2.25 bits per heavy atom. The Morgan fingerprint density at radius 1 is 1.58 bits per heavy atom. The minimum absolute atomic E-state index is 0.182. The van der Waals surface area contributed by atoms with Crippen molar-refractivity contribution in [3.8, 4) is 0 Å². The van der Waals surface area contributed by atoms with Gasteiger partial charge in [-0.2, -0.15) is 0 Å². The number of carbonyl (C=O) groups is 1. The molecule has 1 N–H and O–H groups in total. The lowest BCUT2D eigenvalue weighted by atomic mass is 10.1. The second-order valence-electron chi connectivity index (χ2n) is 3.28. The van der Waals surface area contributed by atoms with E-state index in [1.807, 2.05) is 19.2 Å². The van der Waals surface area contributed by atoms with Gasteiger partial charge in [0, 0.05) is 12.6 Å². The molecular formula is C10H15NO. The van der Waals surface area contributed by atoms with Crippen LogP contribution < -0.4 is 0 Å². The van der Waals surface area contributed by atoms with E-state index in [9.17, 15) is 4.79 Å². The highest BCUT2D eigenvalue weighted by Crippen LogP contribution is 2.15. The zero-order valence-electron chi connectivity index (χ0n) is 7.85. The van der Waals surface area contributed by atoms with Crippen molar-refractivity contribution < 1.29 is 4.79 Å². The van der Waals surface area contributed by atoms with Crippen LogP contribution in [0, 0.1) is 0 Å². The molecule has 0 spiro atoms. The van der Waals surface area contributed by atoms with Crippen molar-refractivity contribution in [1.82, 2.24) is 4.98 Å². The molecule has 0 amide bonds. The van der Waals surface area contributed by atoms with E-state index in [-0.39, 0.29) is 5.78 Å². The number of hydrogen-bond donors (Lipinski definition) is 1. The fraction of sp³-hybridized carbons (Fsp3) is 0.500. The zero-order chi connectivity index (χ0) is 9.14. The molecule has 0 unspecified atom stereocenters. The molecule has 0 aliphatic rings. The molecule has 0 saturated carbocycles. The van der Waals surface area contributed by atoms with Crippen LogP contribution in [-0.4, -0.2) is 10.8 Å². The maximum Gasteiger partial charge on any atom is 0.178 e. The quantitative estimate of drug-likeness (QED) is 0.686. The van der Waals surface area contributed by atoms with E-state index in [1.165, 1.54) is 5.56 Å². The maximum absolute atomic E-state index is 11.2. The minimum Gasteiger partial charge on any atom is -0.359 e. The molecule has 1 heterocycles. The van der Waals surface area contributed by atoms with Crippen LogP contribution >= 0.6 is 0 Å². The highest BCUT2D eigenvalue weighted by molar-refractivity contribution is 5.94. The van der Waals surface area contributed by atoms with E-state index in [0.717, 1.165) is 5.69 Å². The summed E-state index contributed by atoms with van der Waals surface area (Å²) >= 11 is 0. The fourth-order valence-corrected chi connectivity index (χ4v) is 1.10. The third kappa shape index (κ3) is 1.76. The van der Waals surface area contributed by atoms with Gasteiger partial charge in [0.15, 0.2) is 5.78 Å². The lowest BCUT2D eigenvalue weighted by Gasteiger charge is -1.96. The van der Waals surface area contributed by atoms with E-state index in [2.05, 4.69) is 18.8 Å². The molecule has 0 bridgehead atoms. The minimum atomic E-state index is 0.182. The smallest absolute Gasteiger partial charge is 0.178 e. The first-order chi connectivity index (χ1) is 5.65. The second kappa shape index (κ2) is 3.57. The third-order valence-corrected chi connectivity index (χ3v) is 1.99. The SMILES string of the molecule is CCC(=O)c1cc(C(C)C)c[nH]1. The van der Waals surface area contributed by atoms with E-state index in [1.54, 1.807) is 0 Å². The Balaban J connectivity index is 2.84. The predicted molar refractivity (Wildman–Crippen MR) is 49.5 cm³/mol. The molecule has 0 aliphatic heterocycles. The van der Waals surface area contributed by atoms with Gasteiger partial charge in [-0.3, -0.25) is 4.79 Å². The monoisotopic (exact) mass is 165 g/mol. The van der Waals surface area contributed by atoms with Crippen molar-refractivity contribution in [3.05, 3.63) is 23.5 Å². The molecule has 0 aliphatic carbocycles. The normalized spacial score (nSPS) is 10.7. The lowest BCUT2D eigenvalue weighted by molar-refractivity contribution is 0.0984. The van der Waals surface area contributed by atoms with E-state index >= 15 is 0 Å². The molecule has 12 heavy (non-hydrogen) atoms. The van der Waals surface area contributed by atoms with Crippen LogP contribution in [0.2, 0.25) is 0 Å². The summed E-state index contributed by atoms with van der Waals surface area (Å²) in [6.07, 6.45) is 2.48. The van der Waals surface area contributed by atoms with Crippen LogP contribution in [0.15, 0.2) is 12.3 Å². The van der Waals surface area contributed by atoms with Gasteiger partial charge in [0.05, 0.1) is 5.69 Å². The molecule has 0 atom stereocenters. The molecule has 0 aromatic carbocycles. The van der Waals surface area contributed by atoms with Crippen molar-refractivity contribution in [2.75, 3.05) is 0 Å². The molecular weight excluding hydrogens is 150 g/mol. The van der Waals surface area contributed by atoms with Gasteiger partial charge in [-0.15, -0.1) is 0 Å². The van der Waals surface area contributed by atoms with Gasteiger partial charge in [0.25, 0.3) is 0 Å². The molecule has 0 radical (unpaired) electrons. The van der Waals surface area contributed by atoms with Crippen molar-refractivity contribution in [3.63, 3.8) is 0 Å². The summed E-state index contributed by atoms with van der Waals surface area (Å²) in [7, 11) is 0. The largest absolute Gasteiger partial charge is 0.359 e. The maximum atomic E-state index is 11.2. The summed E-state index contributed by atoms with van der Waals surface area (Å²) in [4.78, 5) is 14.2. The Hall–Kier alpha value is -1.05. The molecule has 1 aromatic heterocycles. The van der Waals surface area contributed by atoms with Gasteiger partial charge < -0.3 is 4.98 Å². The fourth-order valence-electron chi connectivity index (χ4n) is 1.10. The Kier molecular flexibility index (Phi) is 2.69. The summed E-state index contributed by atoms with van der Waals surface area (Å²) in [5.74, 6) is 0.668.